The van der Waals surface area contributed by atoms with Crippen molar-refractivity contribution in [2.75, 3.05) is 63.9 Å². The largest absolute Gasteiger partial charge is 0.485 e. The van der Waals surface area contributed by atoms with Gasteiger partial charge in [-0.25, -0.2) is 4.98 Å². The van der Waals surface area contributed by atoms with Crippen LogP contribution in [0.15, 0.2) is 24.4 Å². The van der Waals surface area contributed by atoms with Crippen LogP contribution in [0.4, 0.5) is 30.4 Å². The van der Waals surface area contributed by atoms with E-state index >= 15 is 0 Å². The summed E-state index contributed by atoms with van der Waals surface area (Å²) in [6.07, 6.45) is -3.67. The van der Waals surface area contributed by atoms with Gasteiger partial charge in [-0.3, -0.25) is 4.79 Å². The van der Waals surface area contributed by atoms with Gasteiger partial charge in [0.25, 0.3) is 5.91 Å². The van der Waals surface area contributed by atoms with Crippen LogP contribution in [0.3, 0.4) is 0 Å². The maximum Gasteiger partial charge on any atom is 0.418 e. The number of nitrogens with one attached hydrogen (secondary N) is 3. The lowest BCUT2D eigenvalue weighted by molar-refractivity contribution is -0.136. The molecule has 13 heteroatoms. The highest BCUT2D eigenvalue weighted by Crippen LogP contribution is 2.43. The van der Waals surface area contributed by atoms with E-state index in [1.165, 1.54) is 13.2 Å². The zero-order chi connectivity index (χ0) is 26.9. The third-order valence-electron chi connectivity index (χ3n) is 6.25. The van der Waals surface area contributed by atoms with Crippen LogP contribution in [0.5, 0.6) is 11.5 Å². The maximum absolute atomic E-state index is 13.7. The highest BCUT2D eigenvalue weighted by molar-refractivity contribution is 6.00. The van der Waals surface area contributed by atoms with Crippen LogP contribution in [-0.2, 0) is 15.7 Å². The van der Waals surface area contributed by atoms with Gasteiger partial charge in [0.2, 0.25) is 0 Å². The molecule has 4 heterocycles. The number of morpholine rings is 1. The second kappa shape index (κ2) is 10.6. The zero-order valence-electron chi connectivity index (χ0n) is 20.9. The third-order valence-corrected chi connectivity index (χ3v) is 6.25. The number of carbonyl (C=O) groups excluding carboxylic acids is 1. The van der Waals surface area contributed by atoms with Crippen LogP contribution in [0.25, 0.3) is 11.0 Å². The molecule has 5 rings (SSSR count). The van der Waals surface area contributed by atoms with E-state index in [2.05, 4.69) is 20.6 Å². The number of carbonyl (C=O) groups is 1. The molecule has 3 N–H and O–H groups in total. The molecule has 1 fully saturated rings. The second-order valence-electron chi connectivity index (χ2n) is 9.02. The number of hydrogen-bond donors (Lipinski definition) is 3. The number of pyridine rings is 1. The molecule has 3 aromatic rings. The summed E-state index contributed by atoms with van der Waals surface area (Å²) < 4.78 is 63.3. The van der Waals surface area contributed by atoms with Crippen molar-refractivity contribution in [3.05, 3.63) is 35.5 Å². The number of amides is 1. The zero-order valence-corrected chi connectivity index (χ0v) is 20.9. The average molecular weight is 536 g/mol. The summed E-state index contributed by atoms with van der Waals surface area (Å²) in [5, 5.41) is 6.15. The van der Waals surface area contributed by atoms with E-state index in [0.717, 1.165) is 6.20 Å². The van der Waals surface area contributed by atoms with Gasteiger partial charge in [0.1, 0.15) is 24.7 Å². The van der Waals surface area contributed by atoms with Crippen molar-refractivity contribution in [3.8, 4) is 11.5 Å². The van der Waals surface area contributed by atoms with E-state index in [9.17, 15) is 18.0 Å². The Balaban J connectivity index is 1.51. The van der Waals surface area contributed by atoms with Crippen molar-refractivity contribution in [2.45, 2.75) is 19.1 Å². The van der Waals surface area contributed by atoms with Gasteiger partial charge in [0.15, 0.2) is 11.5 Å². The molecular formula is C25H28F3N5O5. The summed E-state index contributed by atoms with van der Waals surface area (Å²) in [5.74, 6) is 0.724. The monoisotopic (exact) mass is 535 g/mol. The number of ether oxygens (including phenoxy) is 4. The molecule has 0 saturated carbocycles. The molecule has 1 atom stereocenters. The Labute approximate surface area is 216 Å². The van der Waals surface area contributed by atoms with Crippen LogP contribution in [0, 0.1) is 0 Å². The van der Waals surface area contributed by atoms with Crippen molar-refractivity contribution in [1.29, 1.82) is 0 Å². The molecule has 0 unspecified atom stereocenters. The number of methoxy groups -OCH3 is 1. The fourth-order valence-corrected chi connectivity index (χ4v) is 4.57. The number of halogens is 3. The van der Waals surface area contributed by atoms with Gasteiger partial charge in [-0.15, -0.1) is 0 Å². The Morgan fingerprint density at radius 1 is 1.16 bits per heavy atom. The van der Waals surface area contributed by atoms with Crippen LogP contribution in [0.1, 0.15) is 22.8 Å². The van der Waals surface area contributed by atoms with Crippen LogP contribution >= 0.6 is 0 Å². The fourth-order valence-electron chi connectivity index (χ4n) is 4.57. The maximum atomic E-state index is 13.7. The number of alkyl halides is 3. The molecule has 1 aromatic carbocycles. The minimum Gasteiger partial charge on any atom is -0.485 e. The number of aromatic amines is 1. The molecule has 0 aliphatic carbocycles. The molecular weight excluding hydrogens is 507 g/mol. The Morgan fingerprint density at radius 2 is 1.89 bits per heavy atom. The Hall–Kier alpha value is -3.71. The number of anilines is 3. The number of aromatic nitrogens is 2. The van der Waals surface area contributed by atoms with E-state index in [1.54, 1.807) is 24.0 Å². The first-order valence-corrected chi connectivity index (χ1v) is 12.2. The second-order valence-corrected chi connectivity index (χ2v) is 9.02. The molecule has 1 saturated heterocycles. The van der Waals surface area contributed by atoms with Crippen LogP contribution in [0.2, 0.25) is 0 Å². The summed E-state index contributed by atoms with van der Waals surface area (Å²) in [6, 6.07) is 4.54. The lowest BCUT2D eigenvalue weighted by atomic mass is 10.1. The quantitative estimate of drug-likeness (QED) is 0.416. The first-order chi connectivity index (χ1) is 18.3. The number of H-pyrrole nitrogens is 1. The summed E-state index contributed by atoms with van der Waals surface area (Å²) in [7, 11) is 1.52. The lowest BCUT2D eigenvalue weighted by Crippen LogP contribution is -2.41. The van der Waals surface area contributed by atoms with Gasteiger partial charge in [-0.1, -0.05) is 0 Å². The number of benzene rings is 1. The molecule has 0 spiro atoms. The number of nitrogens with zero attached hydrogens (tertiary/aromatic N) is 2. The molecule has 10 nitrogen and oxygen atoms in total. The van der Waals surface area contributed by atoms with Crippen molar-refractivity contribution in [1.82, 2.24) is 14.9 Å². The van der Waals surface area contributed by atoms with E-state index in [4.69, 9.17) is 18.9 Å². The molecule has 0 bridgehead atoms. The predicted molar refractivity (Wildman–Crippen MR) is 133 cm³/mol. The number of fused-ring (bicyclic) bond motifs is 2. The van der Waals surface area contributed by atoms with Gasteiger partial charge in [0, 0.05) is 44.2 Å². The SMILES string of the molecule is COC[C@@H](C)Nc1cc(Nc2ccc(C(=O)N3CCOCC3)c3c2OCCO3)nc2[nH]cc(C(F)(F)F)c12. The first kappa shape index (κ1) is 25.9. The van der Waals surface area contributed by atoms with E-state index in [0.29, 0.717) is 49.1 Å². The molecule has 2 aliphatic rings. The van der Waals surface area contributed by atoms with Crippen molar-refractivity contribution in [2.24, 2.45) is 0 Å². The smallest absolute Gasteiger partial charge is 0.418 e. The highest BCUT2D eigenvalue weighted by atomic mass is 19.4. The van der Waals surface area contributed by atoms with Crippen molar-refractivity contribution in [3.63, 3.8) is 0 Å². The van der Waals surface area contributed by atoms with Crippen molar-refractivity contribution < 1.29 is 36.9 Å². The summed E-state index contributed by atoms with van der Waals surface area (Å²) >= 11 is 0. The standard InChI is InChI=1S/C25H28F3N5O5/c1-14(13-35-2)30-18-11-19(32-23-20(18)16(12-29-23)25(26,27)28)31-17-4-3-15(21-22(17)38-10-9-37-21)24(34)33-5-7-36-8-6-33/h3-4,11-12,14H,5-10,13H2,1-2H3,(H3,29,30,31,32)/t14-/m1/s1. The average Bonchev–Trinajstić information content (AvgIpc) is 3.34. The fraction of sp³-hybridized carbons (Fsp3) is 0.440. The highest BCUT2D eigenvalue weighted by Gasteiger charge is 2.35. The molecule has 1 amide bonds. The Kier molecular flexibility index (Phi) is 7.21. The van der Waals surface area contributed by atoms with Gasteiger partial charge in [0.05, 0.1) is 42.0 Å². The molecule has 2 aromatic heterocycles. The molecule has 2 aliphatic heterocycles. The van der Waals surface area contributed by atoms with Crippen LogP contribution in [-0.4, -0.2) is 80.1 Å². The van der Waals surface area contributed by atoms with E-state index in [1.807, 2.05) is 0 Å². The summed E-state index contributed by atoms with van der Waals surface area (Å²) in [5.41, 5.74) is 0.299. The van der Waals surface area contributed by atoms with Crippen molar-refractivity contribution >= 4 is 34.1 Å². The van der Waals surface area contributed by atoms with Crippen LogP contribution < -0.4 is 20.1 Å². The molecule has 204 valence electrons. The molecule has 0 radical (unpaired) electrons. The minimum absolute atomic E-state index is 0.0552. The van der Waals surface area contributed by atoms with E-state index < -0.39 is 11.7 Å². The van der Waals surface area contributed by atoms with Gasteiger partial charge >= 0.3 is 6.18 Å². The van der Waals surface area contributed by atoms with Gasteiger partial charge < -0.3 is 39.5 Å². The topological polar surface area (TPSA) is 110 Å². The lowest BCUT2D eigenvalue weighted by Gasteiger charge is -2.29. The number of hydrogen-bond acceptors (Lipinski definition) is 8. The first-order valence-electron chi connectivity index (χ1n) is 12.2. The number of rotatable bonds is 7. The normalized spacial score (nSPS) is 16.4. The minimum atomic E-state index is -4.57. The van der Waals surface area contributed by atoms with Gasteiger partial charge in [-0.2, -0.15) is 13.2 Å². The predicted octanol–water partition coefficient (Wildman–Crippen LogP) is 4.02. The van der Waals surface area contributed by atoms with Gasteiger partial charge in [-0.05, 0) is 19.1 Å². The van der Waals surface area contributed by atoms with E-state index in [-0.39, 0.29) is 54.3 Å². The Morgan fingerprint density at radius 3 is 2.61 bits per heavy atom. The third kappa shape index (κ3) is 5.16. The summed E-state index contributed by atoms with van der Waals surface area (Å²) in [4.78, 5) is 21.9. The molecule has 38 heavy (non-hydrogen) atoms. The Bertz CT molecular complexity index is 1320. The summed E-state index contributed by atoms with van der Waals surface area (Å²) in [6.45, 7) is 4.52.